The summed E-state index contributed by atoms with van der Waals surface area (Å²) in [4.78, 5) is 0. The highest BCUT2D eigenvalue weighted by Gasteiger charge is 2.08. The maximum absolute atomic E-state index is 14.8. The van der Waals surface area contributed by atoms with E-state index in [0.717, 1.165) is 67.5 Å². The standard InChI is InChI=1S/C27H32FNO/c1-2-7-21-8-10-23(11-9-21)26-17-14-24(20-27(26)28)22-12-15-25(16-13-22)30-19-6-4-3-5-18-29/h8-17,20H,2-7,18-19,29H2,1H3. The highest BCUT2D eigenvalue weighted by Crippen LogP contribution is 2.29. The first-order chi connectivity index (χ1) is 14.7. The van der Waals surface area contributed by atoms with Gasteiger partial charge in [0.05, 0.1) is 6.61 Å². The molecule has 0 saturated carbocycles. The quantitative estimate of drug-likeness (QED) is 0.348. The van der Waals surface area contributed by atoms with Crippen LogP contribution in [-0.2, 0) is 6.42 Å². The summed E-state index contributed by atoms with van der Waals surface area (Å²) in [6.07, 6.45) is 6.57. The average Bonchev–Trinajstić information content (AvgIpc) is 2.77. The normalized spacial score (nSPS) is 10.9. The molecule has 3 heteroatoms. The zero-order valence-corrected chi connectivity index (χ0v) is 17.9. The van der Waals surface area contributed by atoms with Gasteiger partial charge in [0.2, 0.25) is 0 Å². The van der Waals surface area contributed by atoms with E-state index in [1.54, 1.807) is 6.07 Å². The molecule has 3 aromatic rings. The molecule has 0 heterocycles. The molecule has 0 atom stereocenters. The van der Waals surface area contributed by atoms with E-state index in [1.165, 1.54) is 5.56 Å². The number of hydrogen-bond donors (Lipinski definition) is 1. The Labute approximate surface area is 179 Å². The first-order valence-electron chi connectivity index (χ1n) is 11.0. The van der Waals surface area contributed by atoms with Gasteiger partial charge in [-0.05, 0) is 66.3 Å². The maximum Gasteiger partial charge on any atom is 0.131 e. The van der Waals surface area contributed by atoms with Crippen LogP contribution < -0.4 is 10.5 Å². The zero-order valence-electron chi connectivity index (χ0n) is 17.9. The van der Waals surface area contributed by atoms with Crippen LogP contribution in [0.25, 0.3) is 22.3 Å². The number of halogens is 1. The molecule has 0 saturated heterocycles. The molecule has 0 radical (unpaired) electrons. The summed E-state index contributed by atoms with van der Waals surface area (Å²) in [5, 5.41) is 0. The molecule has 0 unspecified atom stereocenters. The number of rotatable bonds is 11. The molecular formula is C27H32FNO. The van der Waals surface area contributed by atoms with Crippen molar-refractivity contribution in [3.8, 4) is 28.0 Å². The van der Waals surface area contributed by atoms with Crippen LogP contribution in [0.4, 0.5) is 4.39 Å². The Morgan fingerprint density at radius 2 is 1.43 bits per heavy atom. The van der Waals surface area contributed by atoms with Crippen LogP contribution in [0.3, 0.4) is 0 Å². The summed E-state index contributed by atoms with van der Waals surface area (Å²) in [6.45, 7) is 3.63. The van der Waals surface area contributed by atoms with E-state index in [1.807, 2.05) is 48.5 Å². The van der Waals surface area contributed by atoms with Crippen molar-refractivity contribution in [1.29, 1.82) is 0 Å². The SMILES string of the molecule is CCCc1ccc(-c2ccc(-c3ccc(OCCCCCCN)cc3)cc2F)cc1. The van der Waals surface area contributed by atoms with Gasteiger partial charge < -0.3 is 10.5 Å². The van der Waals surface area contributed by atoms with Gasteiger partial charge in [0, 0.05) is 5.56 Å². The summed E-state index contributed by atoms with van der Waals surface area (Å²) in [5.74, 6) is 0.649. The predicted octanol–water partition coefficient (Wildman–Crippen LogP) is 7.01. The predicted molar refractivity (Wildman–Crippen MR) is 124 cm³/mol. The smallest absolute Gasteiger partial charge is 0.131 e. The molecule has 0 bridgehead atoms. The van der Waals surface area contributed by atoms with Crippen LogP contribution in [0.15, 0.2) is 66.7 Å². The van der Waals surface area contributed by atoms with Crippen molar-refractivity contribution in [2.24, 2.45) is 5.73 Å². The second-order valence-electron chi connectivity index (χ2n) is 7.72. The zero-order chi connectivity index (χ0) is 21.2. The van der Waals surface area contributed by atoms with Crippen molar-refractivity contribution in [2.45, 2.75) is 45.4 Å². The Balaban J connectivity index is 1.61. The summed E-state index contributed by atoms with van der Waals surface area (Å²) in [7, 11) is 0. The Bertz CT molecular complexity index is 903. The molecule has 0 amide bonds. The van der Waals surface area contributed by atoms with E-state index in [4.69, 9.17) is 10.5 Å². The van der Waals surface area contributed by atoms with Gasteiger partial charge in [-0.15, -0.1) is 0 Å². The highest BCUT2D eigenvalue weighted by atomic mass is 19.1. The van der Waals surface area contributed by atoms with Gasteiger partial charge in [0.25, 0.3) is 0 Å². The van der Waals surface area contributed by atoms with E-state index in [9.17, 15) is 4.39 Å². The molecule has 3 aromatic carbocycles. The molecule has 2 nitrogen and oxygen atoms in total. The monoisotopic (exact) mass is 405 g/mol. The third-order valence-corrected chi connectivity index (χ3v) is 5.33. The number of hydrogen-bond acceptors (Lipinski definition) is 2. The van der Waals surface area contributed by atoms with Gasteiger partial charge >= 0.3 is 0 Å². The molecule has 2 N–H and O–H groups in total. The lowest BCUT2D eigenvalue weighted by Gasteiger charge is -2.10. The first kappa shape index (κ1) is 22.0. The van der Waals surface area contributed by atoms with Gasteiger partial charge in [-0.25, -0.2) is 4.39 Å². The molecule has 0 aliphatic rings. The largest absolute Gasteiger partial charge is 0.494 e. The average molecular weight is 406 g/mol. The number of benzene rings is 3. The van der Waals surface area contributed by atoms with Crippen molar-refractivity contribution < 1.29 is 9.13 Å². The van der Waals surface area contributed by atoms with E-state index < -0.39 is 0 Å². The van der Waals surface area contributed by atoms with Crippen LogP contribution in [0.5, 0.6) is 5.75 Å². The molecule has 0 fully saturated rings. The summed E-state index contributed by atoms with van der Waals surface area (Å²) in [5.41, 5.74) is 10.2. The van der Waals surface area contributed by atoms with Crippen LogP contribution in [0, 0.1) is 5.82 Å². The fourth-order valence-corrected chi connectivity index (χ4v) is 3.60. The summed E-state index contributed by atoms with van der Waals surface area (Å²) < 4.78 is 20.6. The minimum Gasteiger partial charge on any atom is -0.494 e. The number of nitrogens with two attached hydrogens (primary N) is 1. The lowest BCUT2D eigenvalue weighted by molar-refractivity contribution is 0.305. The fraction of sp³-hybridized carbons (Fsp3) is 0.333. The second kappa shape index (κ2) is 11.5. The lowest BCUT2D eigenvalue weighted by Crippen LogP contribution is -2.00. The van der Waals surface area contributed by atoms with Crippen molar-refractivity contribution in [3.05, 3.63) is 78.1 Å². The van der Waals surface area contributed by atoms with Crippen LogP contribution in [0.2, 0.25) is 0 Å². The van der Waals surface area contributed by atoms with Crippen LogP contribution in [0.1, 0.15) is 44.6 Å². The lowest BCUT2D eigenvalue weighted by atomic mass is 9.98. The molecule has 0 aliphatic carbocycles. The van der Waals surface area contributed by atoms with Crippen molar-refractivity contribution in [1.82, 2.24) is 0 Å². The molecule has 3 rings (SSSR count). The van der Waals surface area contributed by atoms with Gasteiger partial charge in [0.1, 0.15) is 11.6 Å². The number of aryl methyl sites for hydroxylation is 1. The van der Waals surface area contributed by atoms with Gasteiger partial charge in [-0.3, -0.25) is 0 Å². The van der Waals surface area contributed by atoms with E-state index in [2.05, 4.69) is 19.1 Å². The van der Waals surface area contributed by atoms with Crippen molar-refractivity contribution in [3.63, 3.8) is 0 Å². The third-order valence-electron chi connectivity index (χ3n) is 5.33. The highest BCUT2D eigenvalue weighted by molar-refractivity contribution is 5.71. The Kier molecular flexibility index (Phi) is 8.46. The molecule has 158 valence electrons. The molecule has 0 aliphatic heterocycles. The number of ether oxygens (including phenoxy) is 1. The second-order valence-corrected chi connectivity index (χ2v) is 7.72. The minimum atomic E-state index is -0.200. The van der Waals surface area contributed by atoms with Gasteiger partial charge in [-0.1, -0.05) is 74.7 Å². The van der Waals surface area contributed by atoms with Gasteiger partial charge in [0.15, 0.2) is 0 Å². The third kappa shape index (κ3) is 6.17. The van der Waals surface area contributed by atoms with Crippen LogP contribution in [-0.4, -0.2) is 13.2 Å². The van der Waals surface area contributed by atoms with E-state index >= 15 is 0 Å². The minimum absolute atomic E-state index is 0.200. The van der Waals surface area contributed by atoms with E-state index in [0.29, 0.717) is 12.2 Å². The maximum atomic E-state index is 14.8. The Morgan fingerprint density at radius 3 is 2.10 bits per heavy atom. The molecule has 30 heavy (non-hydrogen) atoms. The Hall–Kier alpha value is -2.65. The van der Waals surface area contributed by atoms with Crippen LogP contribution >= 0.6 is 0 Å². The van der Waals surface area contributed by atoms with E-state index in [-0.39, 0.29) is 5.82 Å². The topological polar surface area (TPSA) is 35.2 Å². The molecule has 0 aromatic heterocycles. The number of unbranched alkanes of at least 4 members (excludes halogenated alkanes) is 3. The summed E-state index contributed by atoms with van der Waals surface area (Å²) >= 11 is 0. The van der Waals surface area contributed by atoms with Crippen molar-refractivity contribution in [2.75, 3.05) is 13.2 Å². The summed E-state index contributed by atoms with van der Waals surface area (Å²) in [6, 6.07) is 21.5. The van der Waals surface area contributed by atoms with Crippen molar-refractivity contribution >= 4 is 0 Å². The fourth-order valence-electron chi connectivity index (χ4n) is 3.60. The Morgan fingerprint density at radius 1 is 0.767 bits per heavy atom. The molecular weight excluding hydrogens is 373 g/mol. The van der Waals surface area contributed by atoms with Gasteiger partial charge in [-0.2, -0.15) is 0 Å². The molecule has 0 spiro atoms. The first-order valence-corrected chi connectivity index (χ1v) is 11.0.